The van der Waals surface area contributed by atoms with Gasteiger partial charge < -0.3 is 5.32 Å². The molecule has 0 aliphatic carbocycles. The molecule has 2 nitrogen and oxygen atoms in total. The second-order valence-corrected chi connectivity index (χ2v) is 6.76. The van der Waals surface area contributed by atoms with Gasteiger partial charge in [-0.25, -0.2) is 4.98 Å². The molecule has 0 bridgehead atoms. The highest BCUT2D eigenvalue weighted by atomic mass is 32.1. The van der Waals surface area contributed by atoms with E-state index < -0.39 is 0 Å². The molecule has 1 aliphatic heterocycles. The highest BCUT2D eigenvalue weighted by Gasteiger charge is 2.26. The number of nitrogens with zero attached hydrogens (tertiary/aromatic N) is 1. The molecule has 2 unspecified atom stereocenters. The SMILES string of the molecule is CC1CNCCC1c1csc(C(C)(C)C)n1. The number of thiazole rings is 1. The van der Waals surface area contributed by atoms with Gasteiger partial charge in [0.1, 0.15) is 0 Å². The molecule has 1 fully saturated rings. The van der Waals surface area contributed by atoms with E-state index in [0.29, 0.717) is 11.8 Å². The minimum absolute atomic E-state index is 0.194. The normalized spacial score (nSPS) is 27.0. The summed E-state index contributed by atoms with van der Waals surface area (Å²) in [5, 5.41) is 6.99. The van der Waals surface area contributed by atoms with Gasteiger partial charge in [-0.05, 0) is 25.4 Å². The smallest absolute Gasteiger partial charge is 0.0981 e. The molecule has 2 heterocycles. The highest BCUT2D eigenvalue weighted by molar-refractivity contribution is 7.09. The Balaban J connectivity index is 2.18. The van der Waals surface area contributed by atoms with Crippen LogP contribution in [0.15, 0.2) is 5.38 Å². The molecule has 90 valence electrons. The molecule has 1 saturated heterocycles. The molecular weight excluding hydrogens is 216 g/mol. The van der Waals surface area contributed by atoms with E-state index >= 15 is 0 Å². The van der Waals surface area contributed by atoms with E-state index in [9.17, 15) is 0 Å². The molecule has 2 rings (SSSR count). The van der Waals surface area contributed by atoms with Crippen LogP contribution in [0, 0.1) is 5.92 Å². The molecule has 0 aromatic carbocycles. The maximum atomic E-state index is 4.85. The molecule has 2 atom stereocenters. The van der Waals surface area contributed by atoms with Crippen molar-refractivity contribution in [3.63, 3.8) is 0 Å². The monoisotopic (exact) mass is 238 g/mol. The predicted molar refractivity (Wildman–Crippen MR) is 70.2 cm³/mol. The number of piperidine rings is 1. The second kappa shape index (κ2) is 4.46. The minimum Gasteiger partial charge on any atom is -0.316 e. The summed E-state index contributed by atoms with van der Waals surface area (Å²) in [6.07, 6.45) is 1.23. The predicted octanol–water partition coefficient (Wildman–Crippen LogP) is 3.15. The maximum absolute atomic E-state index is 4.85. The summed E-state index contributed by atoms with van der Waals surface area (Å²) < 4.78 is 0. The summed E-state index contributed by atoms with van der Waals surface area (Å²) in [7, 11) is 0. The molecule has 0 radical (unpaired) electrons. The Hall–Kier alpha value is -0.410. The van der Waals surface area contributed by atoms with Crippen LogP contribution in [0.3, 0.4) is 0 Å². The van der Waals surface area contributed by atoms with Gasteiger partial charge >= 0.3 is 0 Å². The third kappa shape index (κ3) is 2.46. The summed E-state index contributed by atoms with van der Waals surface area (Å²) in [4.78, 5) is 4.85. The zero-order valence-corrected chi connectivity index (χ0v) is 11.5. The van der Waals surface area contributed by atoms with E-state index in [4.69, 9.17) is 4.98 Å². The van der Waals surface area contributed by atoms with Crippen molar-refractivity contribution in [2.45, 2.75) is 45.4 Å². The van der Waals surface area contributed by atoms with Gasteiger partial charge in [0.25, 0.3) is 0 Å². The third-order valence-electron chi connectivity index (χ3n) is 3.33. The standard InChI is InChI=1S/C13H22N2S/c1-9-7-14-6-5-10(9)11-8-16-12(15-11)13(2,3)4/h8-10,14H,5-7H2,1-4H3. The topological polar surface area (TPSA) is 24.9 Å². The highest BCUT2D eigenvalue weighted by Crippen LogP contribution is 2.33. The number of rotatable bonds is 1. The number of hydrogen-bond acceptors (Lipinski definition) is 3. The van der Waals surface area contributed by atoms with Crippen LogP contribution >= 0.6 is 11.3 Å². The van der Waals surface area contributed by atoms with Crippen molar-refractivity contribution >= 4 is 11.3 Å². The van der Waals surface area contributed by atoms with E-state index in [1.165, 1.54) is 17.1 Å². The van der Waals surface area contributed by atoms with Crippen LogP contribution in [0.2, 0.25) is 0 Å². The van der Waals surface area contributed by atoms with Crippen molar-refractivity contribution in [3.05, 3.63) is 16.1 Å². The lowest BCUT2D eigenvalue weighted by Crippen LogP contribution is -2.34. The largest absolute Gasteiger partial charge is 0.316 e. The van der Waals surface area contributed by atoms with E-state index in [-0.39, 0.29) is 5.41 Å². The van der Waals surface area contributed by atoms with Gasteiger partial charge in [0.2, 0.25) is 0 Å². The van der Waals surface area contributed by atoms with Crippen LogP contribution in [0.1, 0.15) is 50.7 Å². The van der Waals surface area contributed by atoms with Gasteiger partial charge in [-0.2, -0.15) is 0 Å². The molecule has 1 N–H and O–H groups in total. The fraction of sp³-hybridized carbons (Fsp3) is 0.769. The molecule has 0 saturated carbocycles. The quantitative estimate of drug-likeness (QED) is 0.813. The molecular formula is C13H22N2S. The molecule has 1 aromatic rings. The first kappa shape index (κ1) is 12.1. The van der Waals surface area contributed by atoms with Gasteiger partial charge in [-0.15, -0.1) is 11.3 Å². The zero-order valence-electron chi connectivity index (χ0n) is 10.7. The van der Waals surface area contributed by atoms with E-state index in [0.717, 1.165) is 13.1 Å². The van der Waals surface area contributed by atoms with Crippen molar-refractivity contribution in [2.24, 2.45) is 5.92 Å². The van der Waals surface area contributed by atoms with Gasteiger partial charge in [0.05, 0.1) is 10.7 Å². The van der Waals surface area contributed by atoms with Gasteiger partial charge in [0, 0.05) is 16.7 Å². The Morgan fingerprint density at radius 3 is 2.75 bits per heavy atom. The van der Waals surface area contributed by atoms with Crippen molar-refractivity contribution in [2.75, 3.05) is 13.1 Å². The Bertz CT molecular complexity index is 351. The van der Waals surface area contributed by atoms with E-state index in [1.807, 2.05) is 11.3 Å². The van der Waals surface area contributed by atoms with Crippen LogP contribution in [0.4, 0.5) is 0 Å². The van der Waals surface area contributed by atoms with Crippen LogP contribution in [0.5, 0.6) is 0 Å². The Kier molecular flexibility index (Phi) is 3.36. The van der Waals surface area contributed by atoms with Crippen LogP contribution in [-0.2, 0) is 5.41 Å². The van der Waals surface area contributed by atoms with Crippen molar-refractivity contribution in [3.8, 4) is 0 Å². The Labute approximate surface area is 102 Å². The molecule has 1 aliphatic rings. The Morgan fingerprint density at radius 2 is 2.19 bits per heavy atom. The fourth-order valence-corrected chi connectivity index (χ4v) is 3.23. The fourth-order valence-electron chi connectivity index (χ4n) is 2.25. The lowest BCUT2D eigenvalue weighted by molar-refractivity contribution is 0.344. The zero-order chi connectivity index (χ0) is 11.8. The van der Waals surface area contributed by atoms with Gasteiger partial charge in [0.15, 0.2) is 0 Å². The van der Waals surface area contributed by atoms with Gasteiger partial charge in [-0.1, -0.05) is 27.7 Å². The van der Waals surface area contributed by atoms with E-state index in [2.05, 4.69) is 38.4 Å². The van der Waals surface area contributed by atoms with Crippen molar-refractivity contribution < 1.29 is 0 Å². The third-order valence-corrected chi connectivity index (χ3v) is 4.62. The molecule has 0 amide bonds. The minimum atomic E-state index is 0.194. The summed E-state index contributed by atoms with van der Waals surface area (Å²) >= 11 is 1.82. The maximum Gasteiger partial charge on any atom is 0.0981 e. The first-order valence-electron chi connectivity index (χ1n) is 6.15. The van der Waals surface area contributed by atoms with E-state index in [1.54, 1.807) is 0 Å². The average Bonchev–Trinajstić information content (AvgIpc) is 2.66. The molecule has 16 heavy (non-hydrogen) atoms. The van der Waals surface area contributed by atoms with Crippen LogP contribution < -0.4 is 5.32 Å². The lowest BCUT2D eigenvalue weighted by atomic mass is 9.86. The summed E-state index contributed by atoms with van der Waals surface area (Å²) in [6, 6.07) is 0. The summed E-state index contributed by atoms with van der Waals surface area (Å²) in [6.45, 7) is 11.3. The number of hydrogen-bond donors (Lipinski definition) is 1. The number of aromatic nitrogens is 1. The van der Waals surface area contributed by atoms with Crippen molar-refractivity contribution in [1.29, 1.82) is 0 Å². The molecule has 0 spiro atoms. The molecule has 1 aromatic heterocycles. The van der Waals surface area contributed by atoms with Crippen LogP contribution in [0.25, 0.3) is 0 Å². The lowest BCUT2D eigenvalue weighted by Gasteiger charge is -2.28. The Morgan fingerprint density at radius 1 is 1.44 bits per heavy atom. The summed E-state index contributed by atoms with van der Waals surface area (Å²) in [5.41, 5.74) is 1.52. The summed E-state index contributed by atoms with van der Waals surface area (Å²) in [5.74, 6) is 1.37. The van der Waals surface area contributed by atoms with Crippen molar-refractivity contribution in [1.82, 2.24) is 10.3 Å². The average molecular weight is 238 g/mol. The van der Waals surface area contributed by atoms with Gasteiger partial charge in [-0.3, -0.25) is 0 Å². The first-order valence-corrected chi connectivity index (χ1v) is 7.03. The molecule has 3 heteroatoms. The number of nitrogens with one attached hydrogen (secondary N) is 1. The second-order valence-electron chi connectivity index (χ2n) is 5.90. The van der Waals surface area contributed by atoms with Crippen LogP contribution in [-0.4, -0.2) is 18.1 Å². The first-order chi connectivity index (χ1) is 7.48.